The minimum Gasteiger partial charge on any atom is -0.487 e. The van der Waals surface area contributed by atoms with E-state index in [0.717, 1.165) is 13.2 Å². The minimum absolute atomic E-state index is 0.0569. The highest BCUT2D eigenvalue weighted by molar-refractivity contribution is 9.10. The van der Waals surface area contributed by atoms with Crippen molar-refractivity contribution in [1.82, 2.24) is 5.32 Å². The highest BCUT2D eigenvalue weighted by Crippen LogP contribution is 2.29. The van der Waals surface area contributed by atoms with Crippen molar-refractivity contribution in [2.45, 2.75) is 13.0 Å². The zero-order valence-corrected chi connectivity index (χ0v) is 12.3. The van der Waals surface area contributed by atoms with Crippen LogP contribution in [0.15, 0.2) is 16.6 Å². The van der Waals surface area contributed by atoms with Gasteiger partial charge in [0.2, 0.25) is 5.91 Å². The lowest BCUT2D eigenvalue weighted by molar-refractivity contribution is -0.145. The Morgan fingerprint density at radius 1 is 1.40 bits per heavy atom. The molecule has 0 aromatic heterocycles. The number of benzene rings is 1. The maximum Gasteiger partial charge on any atom is 0.331 e. The van der Waals surface area contributed by atoms with Crippen LogP contribution >= 0.6 is 15.9 Å². The van der Waals surface area contributed by atoms with E-state index in [0.29, 0.717) is 6.07 Å². The predicted octanol–water partition coefficient (Wildman–Crippen LogP) is 1.78. The van der Waals surface area contributed by atoms with Crippen molar-refractivity contribution in [3.8, 4) is 5.75 Å². The van der Waals surface area contributed by atoms with Gasteiger partial charge in [-0.05, 0) is 22.0 Å². The molecule has 1 N–H and O–H groups in total. The quantitative estimate of drug-likeness (QED) is 0.821. The summed E-state index contributed by atoms with van der Waals surface area (Å²) in [6.07, 6.45) is 0. The lowest BCUT2D eigenvalue weighted by atomic mass is 10.3. The molecule has 0 heterocycles. The first-order valence-electron chi connectivity index (χ1n) is 5.47. The molecular formula is C12H12BrF2NO4. The molecule has 0 bridgehead atoms. The molecule has 0 radical (unpaired) electrons. The highest BCUT2D eigenvalue weighted by Gasteiger charge is 2.22. The molecule has 1 unspecified atom stereocenters. The van der Waals surface area contributed by atoms with E-state index in [9.17, 15) is 18.4 Å². The highest BCUT2D eigenvalue weighted by atomic mass is 79.9. The van der Waals surface area contributed by atoms with Gasteiger partial charge in [0.25, 0.3) is 0 Å². The summed E-state index contributed by atoms with van der Waals surface area (Å²) in [5, 5.41) is 2.30. The zero-order valence-electron chi connectivity index (χ0n) is 10.7. The van der Waals surface area contributed by atoms with E-state index < -0.39 is 29.6 Å². The Bertz CT molecular complexity index is 501. The number of ether oxygens (including phenoxy) is 2. The van der Waals surface area contributed by atoms with E-state index in [-0.39, 0.29) is 16.8 Å². The topological polar surface area (TPSA) is 64.6 Å². The molecule has 0 aliphatic heterocycles. The average Bonchev–Trinajstić information content (AvgIpc) is 2.34. The predicted molar refractivity (Wildman–Crippen MR) is 69.2 cm³/mol. The summed E-state index contributed by atoms with van der Waals surface area (Å²) in [6.45, 7) is 0.859. The first kappa shape index (κ1) is 16.4. The molecular weight excluding hydrogens is 340 g/mol. The number of amides is 1. The second-order valence-electron chi connectivity index (χ2n) is 3.79. The van der Waals surface area contributed by atoms with E-state index >= 15 is 0 Å². The molecule has 5 nitrogen and oxygen atoms in total. The van der Waals surface area contributed by atoms with Crippen LogP contribution in [0.1, 0.15) is 6.92 Å². The molecule has 1 aromatic rings. The second kappa shape index (κ2) is 7.18. The van der Waals surface area contributed by atoms with Crippen LogP contribution in [0.5, 0.6) is 5.75 Å². The van der Waals surface area contributed by atoms with Crippen molar-refractivity contribution in [1.29, 1.82) is 0 Å². The molecule has 1 atom stereocenters. The molecule has 20 heavy (non-hydrogen) atoms. The van der Waals surface area contributed by atoms with Gasteiger partial charge in [-0.1, -0.05) is 0 Å². The van der Waals surface area contributed by atoms with Gasteiger partial charge in [-0.2, -0.15) is 0 Å². The summed E-state index contributed by atoms with van der Waals surface area (Å²) in [6, 6.07) is 0.573. The fraction of sp³-hybridized carbons (Fsp3) is 0.333. The lowest BCUT2D eigenvalue weighted by Crippen LogP contribution is -2.44. The van der Waals surface area contributed by atoms with E-state index in [1.54, 1.807) is 0 Å². The molecule has 0 saturated heterocycles. The largest absolute Gasteiger partial charge is 0.487 e. The summed E-state index contributed by atoms with van der Waals surface area (Å²) < 4.78 is 36.1. The molecule has 1 rings (SSSR count). The van der Waals surface area contributed by atoms with Gasteiger partial charge in [0.1, 0.15) is 12.4 Å². The van der Waals surface area contributed by atoms with Gasteiger partial charge >= 0.3 is 5.97 Å². The van der Waals surface area contributed by atoms with Gasteiger partial charge in [0, 0.05) is 13.0 Å². The monoisotopic (exact) mass is 351 g/mol. The molecule has 0 saturated carbocycles. The zero-order chi connectivity index (χ0) is 15.3. The van der Waals surface area contributed by atoms with Crippen molar-refractivity contribution in [2.75, 3.05) is 13.7 Å². The van der Waals surface area contributed by atoms with Crippen LogP contribution in [0.3, 0.4) is 0 Å². The fourth-order valence-electron chi connectivity index (χ4n) is 1.39. The van der Waals surface area contributed by atoms with Gasteiger partial charge in [0.15, 0.2) is 17.6 Å². The summed E-state index contributed by atoms with van der Waals surface area (Å²) in [4.78, 5) is 22.4. The normalized spacial score (nSPS) is 11.7. The van der Waals surface area contributed by atoms with E-state index in [1.165, 1.54) is 6.92 Å². The molecule has 0 aliphatic rings. The summed E-state index contributed by atoms with van der Waals surface area (Å²) in [5.41, 5.74) is 0. The maximum atomic E-state index is 13.5. The van der Waals surface area contributed by atoms with Gasteiger partial charge in [-0.3, -0.25) is 4.79 Å². The number of methoxy groups -OCH3 is 1. The summed E-state index contributed by atoms with van der Waals surface area (Å²) >= 11 is 2.94. The number of nitrogens with one attached hydrogen (secondary N) is 1. The number of carbonyl (C=O) groups excluding carboxylic acids is 2. The summed E-state index contributed by atoms with van der Waals surface area (Å²) in [5.74, 6) is -3.16. The standard InChI is InChI=1S/C12H12BrF2NO4/c1-6(17)16-10(12(18)19-2)5-20-11-8(13)3-7(14)4-9(11)15/h3-4,10H,5H2,1-2H3,(H,16,17). The Labute approximate surface area is 122 Å². The molecule has 1 aromatic carbocycles. The van der Waals surface area contributed by atoms with Gasteiger partial charge < -0.3 is 14.8 Å². The molecule has 8 heteroatoms. The van der Waals surface area contributed by atoms with Gasteiger partial charge in [0.05, 0.1) is 11.6 Å². The van der Waals surface area contributed by atoms with Crippen LogP contribution in [0.4, 0.5) is 8.78 Å². The Hall–Kier alpha value is -1.70. The van der Waals surface area contributed by atoms with Crippen molar-refractivity contribution in [3.05, 3.63) is 28.2 Å². The third-order valence-corrected chi connectivity index (χ3v) is 2.81. The van der Waals surface area contributed by atoms with Gasteiger partial charge in [-0.15, -0.1) is 0 Å². The third kappa shape index (κ3) is 4.44. The maximum absolute atomic E-state index is 13.5. The average molecular weight is 352 g/mol. The minimum atomic E-state index is -1.09. The van der Waals surface area contributed by atoms with Crippen molar-refractivity contribution >= 4 is 27.8 Å². The molecule has 0 fully saturated rings. The number of hydrogen-bond acceptors (Lipinski definition) is 4. The van der Waals surface area contributed by atoms with Crippen LogP contribution in [-0.4, -0.2) is 31.6 Å². The van der Waals surface area contributed by atoms with Gasteiger partial charge in [-0.25, -0.2) is 13.6 Å². The van der Waals surface area contributed by atoms with E-state index in [1.807, 2.05) is 0 Å². The van der Waals surface area contributed by atoms with Crippen LogP contribution in [0.25, 0.3) is 0 Å². The molecule has 0 spiro atoms. The Balaban J connectivity index is 2.82. The third-order valence-electron chi connectivity index (χ3n) is 2.22. The lowest BCUT2D eigenvalue weighted by Gasteiger charge is -2.17. The van der Waals surface area contributed by atoms with E-state index in [2.05, 4.69) is 26.0 Å². The van der Waals surface area contributed by atoms with Crippen molar-refractivity contribution in [3.63, 3.8) is 0 Å². The number of hydrogen-bond donors (Lipinski definition) is 1. The van der Waals surface area contributed by atoms with Crippen LogP contribution in [0, 0.1) is 11.6 Å². The Morgan fingerprint density at radius 2 is 2.05 bits per heavy atom. The molecule has 0 aliphatic carbocycles. The number of carbonyl (C=O) groups is 2. The first-order valence-corrected chi connectivity index (χ1v) is 6.26. The Kier molecular flexibility index (Phi) is 5.87. The second-order valence-corrected chi connectivity index (χ2v) is 4.64. The Morgan fingerprint density at radius 3 is 2.55 bits per heavy atom. The smallest absolute Gasteiger partial charge is 0.331 e. The fourth-order valence-corrected chi connectivity index (χ4v) is 1.91. The summed E-state index contributed by atoms with van der Waals surface area (Å²) in [7, 11) is 1.14. The number of rotatable bonds is 5. The number of halogens is 3. The van der Waals surface area contributed by atoms with Crippen molar-refractivity contribution < 1.29 is 27.8 Å². The SMILES string of the molecule is COC(=O)C(COc1c(F)cc(F)cc1Br)NC(C)=O. The van der Waals surface area contributed by atoms with E-state index in [4.69, 9.17) is 4.74 Å². The first-order chi connectivity index (χ1) is 9.35. The van der Waals surface area contributed by atoms with Crippen LogP contribution < -0.4 is 10.1 Å². The van der Waals surface area contributed by atoms with Crippen LogP contribution in [0.2, 0.25) is 0 Å². The van der Waals surface area contributed by atoms with Crippen molar-refractivity contribution in [2.24, 2.45) is 0 Å². The molecule has 1 amide bonds. The number of esters is 1. The van der Waals surface area contributed by atoms with Crippen LogP contribution in [-0.2, 0) is 14.3 Å². The molecule has 110 valence electrons.